The van der Waals surface area contributed by atoms with E-state index in [-0.39, 0.29) is 5.97 Å². The summed E-state index contributed by atoms with van der Waals surface area (Å²) in [7, 11) is 1.47. The minimum absolute atomic E-state index is 0.0918. The summed E-state index contributed by atoms with van der Waals surface area (Å²) >= 11 is 0. The van der Waals surface area contributed by atoms with Crippen molar-refractivity contribution in [2.75, 3.05) is 13.7 Å². The molecule has 3 nitrogen and oxygen atoms in total. The van der Waals surface area contributed by atoms with Gasteiger partial charge < -0.3 is 10.1 Å². The predicted octanol–water partition coefficient (Wildman–Crippen LogP) is 1.72. The molecule has 0 heterocycles. The fourth-order valence-corrected chi connectivity index (χ4v) is 2.50. The lowest BCUT2D eigenvalue weighted by molar-refractivity contribution is -0.150. The number of hydrogen-bond donors (Lipinski definition) is 1. The molecule has 1 aliphatic carbocycles. The summed E-state index contributed by atoms with van der Waals surface area (Å²) in [5, 5.41) is 3.30. The summed E-state index contributed by atoms with van der Waals surface area (Å²) in [6, 6.07) is 0. The third-order valence-electron chi connectivity index (χ3n) is 3.09. The maximum Gasteiger partial charge on any atom is 0.326 e. The van der Waals surface area contributed by atoms with E-state index in [0.717, 1.165) is 25.8 Å². The van der Waals surface area contributed by atoms with Crippen LogP contribution in [0.2, 0.25) is 0 Å². The van der Waals surface area contributed by atoms with Gasteiger partial charge in [0.25, 0.3) is 0 Å². The zero-order chi connectivity index (χ0) is 10.6. The van der Waals surface area contributed by atoms with Crippen molar-refractivity contribution in [2.24, 2.45) is 5.92 Å². The van der Waals surface area contributed by atoms with Crippen LogP contribution in [0.3, 0.4) is 0 Å². The molecule has 1 fully saturated rings. The average Bonchev–Trinajstić information content (AvgIpc) is 2.17. The first-order valence-corrected chi connectivity index (χ1v) is 5.48. The van der Waals surface area contributed by atoms with Gasteiger partial charge in [-0.05, 0) is 25.3 Å². The summed E-state index contributed by atoms with van der Waals surface area (Å²) in [5.74, 6) is 0.521. The van der Waals surface area contributed by atoms with Crippen LogP contribution in [0.15, 0.2) is 0 Å². The monoisotopic (exact) mass is 199 g/mol. The molecule has 0 radical (unpaired) electrons. The van der Waals surface area contributed by atoms with E-state index in [2.05, 4.69) is 12.2 Å². The van der Waals surface area contributed by atoms with Gasteiger partial charge in [0.15, 0.2) is 0 Å². The molecule has 3 heteroatoms. The van der Waals surface area contributed by atoms with Crippen LogP contribution >= 0.6 is 0 Å². The summed E-state index contributed by atoms with van der Waals surface area (Å²) in [4.78, 5) is 11.7. The van der Waals surface area contributed by atoms with E-state index in [9.17, 15) is 4.79 Å². The largest absolute Gasteiger partial charge is 0.468 e. The van der Waals surface area contributed by atoms with Crippen LogP contribution in [0.1, 0.15) is 39.5 Å². The number of esters is 1. The Hall–Kier alpha value is -0.570. The highest BCUT2D eigenvalue weighted by Gasteiger charge is 2.41. The zero-order valence-electron chi connectivity index (χ0n) is 9.43. The molecule has 0 aromatic rings. The number of carbonyl (C=O) groups excluding carboxylic acids is 1. The molecule has 0 aromatic heterocycles. The molecule has 2 atom stereocenters. The first-order chi connectivity index (χ1) is 6.64. The fourth-order valence-electron chi connectivity index (χ4n) is 2.50. The Morgan fingerprint density at radius 1 is 1.64 bits per heavy atom. The topological polar surface area (TPSA) is 38.3 Å². The van der Waals surface area contributed by atoms with E-state index in [1.165, 1.54) is 13.5 Å². The SMILES string of the molecule is CCNC1(C(=O)OC)CCCC(C)C1. The van der Waals surface area contributed by atoms with Crippen molar-refractivity contribution in [1.29, 1.82) is 0 Å². The van der Waals surface area contributed by atoms with Crippen molar-refractivity contribution in [2.45, 2.75) is 45.1 Å². The molecule has 14 heavy (non-hydrogen) atoms. The van der Waals surface area contributed by atoms with Crippen molar-refractivity contribution in [3.05, 3.63) is 0 Å². The Morgan fingerprint density at radius 2 is 2.36 bits per heavy atom. The molecule has 0 aliphatic heterocycles. The highest BCUT2D eigenvalue weighted by atomic mass is 16.5. The summed E-state index contributed by atoms with van der Waals surface area (Å²) in [6.07, 6.45) is 4.17. The maximum absolute atomic E-state index is 11.7. The Bertz CT molecular complexity index is 201. The molecule has 0 aromatic carbocycles. The Kier molecular flexibility index (Phi) is 3.93. The molecule has 0 saturated heterocycles. The number of hydrogen-bond acceptors (Lipinski definition) is 3. The minimum Gasteiger partial charge on any atom is -0.468 e. The van der Waals surface area contributed by atoms with Gasteiger partial charge in [0.2, 0.25) is 0 Å². The smallest absolute Gasteiger partial charge is 0.326 e. The molecule has 1 saturated carbocycles. The van der Waals surface area contributed by atoms with Crippen molar-refractivity contribution < 1.29 is 9.53 Å². The Labute approximate surface area is 86.2 Å². The first kappa shape index (κ1) is 11.5. The van der Waals surface area contributed by atoms with Crippen LogP contribution in [0, 0.1) is 5.92 Å². The molecule has 82 valence electrons. The molecule has 2 unspecified atom stereocenters. The molecule has 1 rings (SSSR count). The van der Waals surface area contributed by atoms with Crippen LogP contribution in [0.25, 0.3) is 0 Å². The van der Waals surface area contributed by atoms with Gasteiger partial charge in [-0.25, -0.2) is 0 Å². The number of rotatable bonds is 3. The third kappa shape index (κ3) is 2.27. The van der Waals surface area contributed by atoms with E-state index >= 15 is 0 Å². The lowest BCUT2D eigenvalue weighted by Crippen LogP contribution is -2.55. The van der Waals surface area contributed by atoms with Crippen molar-refractivity contribution >= 4 is 5.97 Å². The average molecular weight is 199 g/mol. The Morgan fingerprint density at radius 3 is 2.86 bits per heavy atom. The highest BCUT2D eigenvalue weighted by molar-refractivity contribution is 5.80. The van der Waals surface area contributed by atoms with Gasteiger partial charge in [-0.3, -0.25) is 4.79 Å². The van der Waals surface area contributed by atoms with E-state index in [1.54, 1.807) is 0 Å². The Balaban J connectivity index is 2.74. The molecule has 0 amide bonds. The summed E-state index contributed by atoms with van der Waals surface area (Å²) < 4.78 is 4.89. The van der Waals surface area contributed by atoms with E-state index in [0.29, 0.717) is 5.92 Å². The lowest BCUT2D eigenvalue weighted by Gasteiger charge is -2.38. The molecule has 1 aliphatic rings. The van der Waals surface area contributed by atoms with Gasteiger partial charge in [-0.1, -0.05) is 26.7 Å². The lowest BCUT2D eigenvalue weighted by atomic mass is 9.76. The van der Waals surface area contributed by atoms with Gasteiger partial charge in [0.1, 0.15) is 5.54 Å². The normalized spacial score (nSPS) is 32.6. The summed E-state index contributed by atoms with van der Waals surface area (Å²) in [5.41, 5.74) is -0.402. The van der Waals surface area contributed by atoms with Gasteiger partial charge in [0, 0.05) is 0 Å². The second-order valence-corrected chi connectivity index (χ2v) is 4.31. The number of likely N-dealkylation sites (N-methyl/N-ethyl adjacent to an activating group) is 1. The van der Waals surface area contributed by atoms with Gasteiger partial charge in [0.05, 0.1) is 7.11 Å². The van der Waals surface area contributed by atoms with E-state index < -0.39 is 5.54 Å². The first-order valence-electron chi connectivity index (χ1n) is 5.48. The van der Waals surface area contributed by atoms with Crippen LogP contribution in [-0.4, -0.2) is 25.2 Å². The second kappa shape index (κ2) is 4.78. The van der Waals surface area contributed by atoms with E-state index in [1.807, 2.05) is 6.92 Å². The molecular formula is C11H21NO2. The maximum atomic E-state index is 11.7. The van der Waals surface area contributed by atoms with Crippen LogP contribution in [0.5, 0.6) is 0 Å². The zero-order valence-corrected chi connectivity index (χ0v) is 9.43. The van der Waals surface area contributed by atoms with Gasteiger partial charge >= 0.3 is 5.97 Å². The van der Waals surface area contributed by atoms with Crippen LogP contribution < -0.4 is 5.32 Å². The minimum atomic E-state index is -0.402. The van der Waals surface area contributed by atoms with Crippen molar-refractivity contribution in [3.8, 4) is 0 Å². The van der Waals surface area contributed by atoms with Crippen molar-refractivity contribution in [3.63, 3.8) is 0 Å². The number of methoxy groups -OCH3 is 1. The fraction of sp³-hybridized carbons (Fsp3) is 0.909. The number of ether oxygens (including phenoxy) is 1. The van der Waals surface area contributed by atoms with Crippen LogP contribution in [-0.2, 0) is 9.53 Å². The number of nitrogens with one attached hydrogen (secondary N) is 1. The molecular weight excluding hydrogens is 178 g/mol. The van der Waals surface area contributed by atoms with Gasteiger partial charge in [-0.15, -0.1) is 0 Å². The second-order valence-electron chi connectivity index (χ2n) is 4.31. The van der Waals surface area contributed by atoms with Crippen LogP contribution in [0.4, 0.5) is 0 Å². The molecule has 1 N–H and O–H groups in total. The highest BCUT2D eigenvalue weighted by Crippen LogP contribution is 2.33. The number of carbonyl (C=O) groups is 1. The van der Waals surface area contributed by atoms with E-state index in [4.69, 9.17) is 4.74 Å². The summed E-state index contributed by atoms with van der Waals surface area (Å²) in [6.45, 7) is 5.06. The molecule has 0 bridgehead atoms. The van der Waals surface area contributed by atoms with Gasteiger partial charge in [-0.2, -0.15) is 0 Å². The predicted molar refractivity (Wildman–Crippen MR) is 56.1 cm³/mol. The van der Waals surface area contributed by atoms with Crippen molar-refractivity contribution in [1.82, 2.24) is 5.32 Å². The quantitative estimate of drug-likeness (QED) is 0.703. The third-order valence-corrected chi connectivity index (χ3v) is 3.09. The molecule has 0 spiro atoms. The standard InChI is InChI=1S/C11H21NO2/c1-4-12-11(10(13)14-3)7-5-6-9(2)8-11/h9,12H,4-8H2,1-3H3.